The number of nitrogens with zero attached hydrogens (tertiary/aromatic N) is 1. The number of hydrogen-bond acceptors (Lipinski definition) is 5. The third-order valence-corrected chi connectivity index (χ3v) is 6.25. The second kappa shape index (κ2) is 12.5. The predicted octanol–water partition coefficient (Wildman–Crippen LogP) is 2.88. The number of carbonyl (C=O) groups is 3. The highest BCUT2D eigenvalue weighted by Gasteiger charge is 2.34. The van der Waals surface area contributed by atoms with E-state index in [4.69, 9.17) is 10.5 Å². The minimum Gasteiger partial charge on any atom is -0.478 e. The summed E-state index contributed by atoms with van der Waals surface area (Å²) in [7, 11) is 0. The fraction of sp³-hybridized carbons (Fsp3) is 0.444. The first-order chi connectivity index (χ1) is 17.2. The van der Waals surface area contributed by atoms with Crippen molar-refractivity contribution in [2.75, 3.05) is 6.54 Å². The average Bonchev–Trinajstić information content (AvgIpc) is 3.33. The van der Waals surface area contributed by atoms with Crippen LogP contribution in [0.3, 0.4) is 0 Å². The summed E-state index contributed by atoms with van der Waals surface area (Å²) in [5, 5.41) is 12.1. The monoisotopic (exact) mass is 499 g/mol. The van der Waals surface area contributed by atoms with Gasteiger partial charge in [-0.3, -0.25) is 9.59 Å². The van der Waals surface area contributed by atoms with E-state index in [9.17, 15) is 23.9 Å². The largest absolute Gasteiger partial charge is 0.478 e. The molecular weight excluding hydrogens is 465 g/mol. The normalized spacial score (nSPS) is 17.0. The van der Waals surface area contributed by atoms with Crippen LogP contribution in [-0.4, -0.2) is 52.5 Å². The fourth-order valence-corrected chi connectivity index (χ4v) is 4.31. The first-order valence-electron chi connectivity index (χ1n) is 12.2. The Morgan fingerprint density at radius 2 is 1.86 bits per heavy atom. The number of halogens is 1. The zero-order valence-corrected chi connectivity index (χ0v) is 20.7. The molecule has 1 unspecified atom stereocenters. The van der Waals surface area contributed by atoms with Crippen LogP contribution in [0.5, 0.6) is 5.75 Å². The first kappa shape index (κ1) is 27.1. The van der Waals surface area contributed by atoms with E-state index in [2.05, 4.69) is 5.32 Å². The van der Waals surface area contributed by atoms with Gasteiger partial charge in [0.1, 0.15) is 17.6 Å². The molecule has 1 heterocycles. The number of likely N-dealkylation sites (tertiary alicyclic amines) is 1. The van der Waals surface area contributed by atoms with E-state index >= 15 is 0 Å². The smallest absolute Gasteiger partial charge is 0.345 e. The molecule has 0 saturated carbocycles. The van der Waals surface area contributed by atoms with Gasteiger partial charge in [0.05, 0.1) is 0 Å². The molecule has 1 aliphatic heterocycles. The van der Waals surface area contributed by atoms with Crippen molar-refractivity contribution in [3.05, 3.63) is 65.5 Å². The lowest BCUT2D eigenvalue weighted by Gasteiger charge is -2.25. The number of benzene rings is 2. The van der Waals surface area contributed by atoms with Crippen molar-refractivity contribution in [3.8, 4) is 5.75 Å². The molecule has 0 spiro atoms. The van der Waals surface area contributed by atoms with E-state index in [1.807, 2.05) is 0 Å². The number of nitrogens with two attached hydrogens (primary N) is 1. The predicted molar refractivity (Wildman–Crippen MR) is 133 cm³/mol. The van der Waals surface area contributed by atoms with Crippen LogP contribution in [0.2, 0.25) is 0 Å². The molecule has 8 nitrogen and oxygen atoms in total. The molecule has 9 heteroatoms. The summed E-state index contributed by atoms with van der Waals surface area (Å²) in [4.78, 5) is 38.6. The van der Waals surface area contributed by atoms with E-state index in [1.165, 1.54) is 6.07 Å². The maximum atomic E-state index is 13.9. The van der Waals surface area contributed by atoms with E-state index < -0.39 is 24.2 Å². The molecule has 1 fully saturated rings. The van der Waals surface area contributed by atoms with Gasteiger partial charge in [0.15, 0.2) is 6.10 Å². The van der Waals surface area contributed by atoms with Crippen molar-refractivity contribution >= 4 is 17.8 Å². The van der Waals surface area contributed by atoms with Crippen molar-refractivity contribution in [2.45, 2.75) is 64.3 Å². The van der Waals surface area contributed by atoms with Gasteiger partial charge < -0.3 is 25.8 Å². The van der Waals surface area contributed by atoms with Crippen molar-refractivity contribution in [1.82, 2.24) is 10.2 Å². The highest BCUT2D eigenvalue weighted by Crippen LogP contribution is 2.21. The molecule has 3 atom stereocenters. The first-order valence-corrected chi connectivity index (χ1v) is 12.2. The highest BCUT2D eigenvalue weighted by atomic mass is 19.1. The lowest BCUT2D eigenvalue weighted by Crippen LogP contribution is -2.47. The summed E-state index contributed by atoms with van der Waals surface area (Å²) in [5.74, 6) is -1.57. The molecule has 3 rings (SSSR count). The van der Waals surface area contributed by atoms with Gasteiger partial charge in [-0.15, -0.1) is 0 Å². The van der Waals surface area contributed by atoms with Crippen LogP contribution in [0.1, 0.15) is 44.2 Å². The van der Waals surface area contributed by atoms with E-state index in [1.54, 1.807) is 61.2 Å². The molecule has 2 aromatic carbocycles. The summed E-state index contributed by atoms with van der Waals surface area (Å²) >= 11 is 0. The van der Waals surface area contributed by atoms with Gasteiger partial charge in [0, 0.05) is 31.5 Å². The number of rotatable bonds is 11. The van der Waals surface area contributed by atoms with Crippen molar-refractivity contribution in [2.24, 2.45) is 11.7 Å². The maximum absolute atomic E-state index is 13.9. The molecule has 0 radical (unpaired) electrons. The zero-order valence-electron chi connectivity index (χ0n) is 20.7. The number of ether oxygens (including phenoxy) is 1. The third kappa shape index (κ3) is 7.27. The summed E-state index contributed by atoms with van der Waals surface area (Å²) in [6, 6.07) is 12.1. The summed E-state index contributed by atoms with van der Waals surface area (Å²) in [6.07, 6.45) is 0.624. The standard InChI is InChI=1S/C27H34FN3O5/c1-17(2)25(27(34)35)36-21-11-9-18(10-12-21)16-30-26(33)23-8-5-13-31(23)24(32)15-20(29)14-19-6-3-4-7-22(19)28/h3-4,6-7,9-12,17,20,23,25H,5,8,13-16,29H2,1-2H3,(H,30,33)(H,34,35)/t20?,23-,25-/m0/s1. The van der Waals surface area contributed by atoms with Crippen molar-refractivity contribution in [1.29, 1.82) is 0 Å². The van der Waals surface area contributed by atoms with Crippen LogP contribution in [-0.2, 0) is 27.3 Å². The second-order valence-corrected chi connectivity index (χ2v) is 9.49. The Morgan fingerprint density at radius 3 is 2.50 bits per heavy atom. The number of carbonyl (C=O) groups excluding carboxylic acids is 2. The van der Waals surface area contributed by atoms with Crippen LogP contribution in [0, 0.1) is 11.7 Å². The van der Waals surface area contributed by atoms with Crippen molar-refractivity contribution < 1.29 is 28.6 Å². The third-order valence-electron chi connectivity index (χ3n) is 6.25. The number of amides is 2. The SMILES string of the molecule is CC(C)[C@H](Oc1ccc(CNC(=O)[C@@H]2CCCN2C(=O)CC(N)Cc2ccccc2F)cc1)C(=O)O. The molecule has 2 aromatic rings. The Hall–Kier alpha value is -3.46. The van der Waals surface area contributed by atoms with E-state index in [-0.39, 0.29) is 42.9 Å². The second-order valence-electron chi connectivity index (χ2n) is 9.49. The zero-order chi connectivity index (χ0) is 26.2. The van der Waals surface area contributed by atoms with Crippen LogP contribution < -0.4 is 15.8 Å². The van der Waals surface area contributed by atoms with Gasteiger partial charge >= 0.3 is 5.97 Å². The molecular formula is C27H34FN3O5. The highest BCUT2D eigenvalue weighted by molar-refractivity contribution is 5.88. The molecule has 0 bridgehead atoms. The van der Waals surface area contributed by atoms with Gasteiger partial charge in [-0.25, -0.2) is 9.18 Å². The minimum absolute atomic E-state index is 0.0350. The van der Waals surface area contributed by atoms with E-state index in [0.717, 1.165) is 12.0 Å². The topological polar surface area (TPSA) is 122 Å². The molecule has 1 saturated heterocycles. The number of carboxylic acid groups (broad SMARTS) is 1. The molecule has 4 N–H and O–H groups in total. The van der Waals surface area contributed by atoms with E-state index in [0.29, 0.717) is 24.3 Å². The Balaban J connectivity index is 1.51. The molecule has 0 aromatic heterocycles. The number of carboxylic acids is 1. The molecule has 194 valence electrons. The van der Waals surface area contributed by atoms with Gasteiger partial charge in [-0.2, -0.15) is 0 Å². The van der Waals surface area contributed by atoms with Crippen molar-refractivity contribution in [3.63, 3.8) is 0 Å². The molecule has 36 heavy (non-hydrogen) atoms. The Bertz CT molecular complexity index is 1060. The quantitative estimate of drug-likeness (QED) is 0.437. The van der Waals surface area contributed by atoms with Crippen LogP contribution in [0.15, 0.2) is 48.5 Å². The van der Waals surface area contributed by atoms with Gasteiger partial charge in [-0.05, 0) is 48.6 Å². The Labute approximate surface area is 210 Å². The van der Waals surface area contributed by atoms with Crippen LogP contribution in [0.4, 0.5) is 4.39 Å². The maximum Gasteiger partial charge on any atom is 0.345 e. The average molecular weight is 500 g/mol. The fourth-order valence-electron chi connectivity index (χ4n) is 4.31. The molecule has 0 aliphatic carbocycles. The summed E-state index contributed by atoms with van der Waals surface area (Å²) in [6.45, 7) is 4.29. The number of aliphatic carboxylic acids is 1. The number of nitrogens with one attached hydrogen (secondary N) is 1. The van der Waals surface area contributed by atoms with Gasteiger partial charge in [0.25, 0.3) is 0 Å². The molecule has 1 aliphatic rings. The van der Waals surface area contributed by atoms with Crippen LogP contribution in [0.25, 0.3) is 0 Å². The lowest BCUT2D eigenvalue weighted by atomic mass is 10.0. The summed E-state index contributed by atoms with van der Waals surface area (Å²) < 4.78 is 19.4. The Morgan fingerprint density at radius 1 is 1.17 bits per heavy atom. The minimum atomic E-state index is -1.02. The number of hydrogen-bond donors (Lipinski definition) is 3. The summed E-state index contributed by atoms with van der Waals surface area (Å²) in [5.41, 5.74) is 7.40. The lowest BCUT2D eigenvalue weighted by molar-refractivity contribution is -0.147. The van der Waals surface area contributed by atoms with Gasteiger partial charge in [0.2, 0.25) is 11.8 Å². The molecule has 2 amide bonds. The van der Waals surface area contributed by atoms with Crippen LogP contribution >= 0.6 is 0 Å². The Kier molecular flexibility index (Phi) is 9.41. The van der Waals surface area contributed by atoms with Gasteiger partial charge in [-0.1, -0.05) is 44.2 Å².